The first kappa shape index (κ1) is 17.8. The molecule has 0 bridgehead atoms. The van der Waals surface area contributed by atoms with Crippen LogP contribution < -0.4 is 0 Å². The maximum absolute atomic E-state index is 13.4. The highest BCUT2D eigenvalue weighted by molar-refractivity contribution is 5.31. The van der Waals surface area contributed by atoms with Gasteiger partial charge in [0.15, 0.2) is 0 Å². The van der Waals surface area contributed by atoms with Gasteiger partial charge in [0.25, 0.3) is 0 Å². The Hall–Kier alpha value is -2.57. The molecule has 1 aliphatic rings. The molecular weight excluding hydrogens is 341 g/mol. The van der Waals surface area contributed by atoms with Gasteiger partial charge >= 0.3 is 0 Å². The Balaban J connectivity index is 1.34. The largest absolute Gasteiger partial charge is 0.298 e. The van der Waals surface area contributed by atoms with Crippen molar-refractivity contribution in [1.29, 1.82) is 0 Å². The highest BCUT2D eigenvalue weighted by Crippen LogP contribution is 2.13. The van der Waals surface area contributed by atoms with Crippen LogP contribution in [0.4, 0.5) is 4.39 Å². The number of benzene rings is 1. The quantitative estimate of drug-likeness (QED) is 0.696. The first-order chi connectivity index (χ1) is 13.3. The maximum Gasteiger partial charge on any atom is 0.125 e. The van der Waals surface area contributed by atoms with Crippen LogP contribution in [0.2, 0.25) is 0 Å². The second-order valence-electron chi connectivity index (χ2n) is 7.00. The summed E-state index contributed by atoms with van der Waals surface area (Å²) in [5.41, 5.74) is 3.03. The Morgan fingerprint density at radius 1 is 0.926 bits per heavy atom. The zero-order chi connectivity index (χ0) is 18.5. The van der Waals surface area contributed by atoms with E-state index in [4.69, 9.17) is 0 Å². The van der Waals surface area contributed by atoms with E-state index in [1.165, 1.54) is 12.1 Å². The van der Waals surface area contributed by atoms with Gasteiger partial charge in [0.2, 0.25) is 0 Å². The van der Waals surface area contributed by atoms with Crippen LogP contribution in [0, 0.1) is 5.82 Å². The van der Waals surface area contributed by atoms with Crippen molar-refractivity contribution in [2.24, 2.45) is 0 Å². The molecule has 1 fully saturated rings. The lowest BCUT2D eigenvalue weighted by molar-refractivity contribution is 0.245. The number of pyridine rings is 1. The van der Waals surface area contributed by atoms with Crippen LogP contribution >= 0.6 is 0 Å². The predicted octanol–water partition coefficient (Wildman–Crippen LogP) is 3.11. The Bertz CT molecular complexity index is 864. The van der Waals surface area contributed by atoms with Gasteiger partial charge in [-0.15, -0.1) is 0 Å². The highest BCUT2D eigenvalue weighted by Gasteiger charge is 2.16. The molecule has 3 aromatic rings. The summed E-state index contributed by atoms with van der Waals surface area (Å²) in [5.74, 6) is -0.245. The van der Waals surface area contributed by atoms with E-state index in [1.54, 1.807) is 10.7 Å². The molecule has 3 heterocycles. The lowest BCUT2D eigenvalue weighted by Gasteiger charge is -2.21. The minimum atomic E-state index is -0.245. The molecule has 1 saturated heterocycles. The minimum absolute atomic E-state index is 0.245. The number of halogens is 1. The fourth-order valence-electron chi connectivity index (χ4n) is 3.52. The molecule has 1 aliphatic heterocycles. The van der Waals surface area contributed by atoms with Crippen molar-refractivity contribution in [1.82, 2.24) is 24.6 Å². The Morgan fingerprint density at radius 3 is 2.56 bits per heavy atom. The van der Waals surface area contributed by atoms with Crippen molar-refractivity contribution in [3.63, 3.8) is 0 Å². The van der Waals surface area contributed by atoms with Gasteiger partial charge < -0.3 is 0 Å². The molecule has 27 heavy (non-hydrogen) atoms. The molecule has 5 nitrogen and oxygen atoms in total. The van der Waals surface area contributed by atoms with Gasteiger partial charge in [-0.05, 0) is 49.8 Å². The molecule has 1 aromatic carbocycles. The fourth-order valence-corrected chi connectivity index (χ4v) is 3.52. The molecule has 4 rings (SSSR count). The monoisotopic (exact) mass is 365 g/mol. The van der Waals surface area contributed by atoms with Gasteiger partial charge in [-0.3, -0.25) is 14.8 Å². The molecule has 0 saturated carbocycles. The first-order valence-corrected chi connectivity index (χ1v) is 9.40. The average Bonchev–Trinajstić information content (AvgIpc) is 3.04. The summed E-state index contributed by atoms with van der Waals surface area (Å²) in [7, 11) is 0. The van der Waals surface area contributed by atoms with Crippen molar-refractivity contribution in [2.75, 3.05) is 26.2 Å². The molecule has 0 spiro atoms. The van der Waals surface area contributed by atoms with Gasteiger partial charge in [-0.25, -0.2) is 9.07 Å². The summed E-state index contributed by atoms with van der Waals surface area (Å²) in [5, 5.41) is 4.39. The fraction of sp³-hybridized carbons (Fsp3) is 0.333. The Labute approximate surface area is 159 Å². The first-order valence-electron chi connectivity index (χ1n) is 9.40. The summed E-state index contributed by atoms with van der Waals surface area (Å²) in [6.07, 6.45) is 6.87. The van der Waals surface area contributed by atoms with Gasteiger partial charge in [0.1, 0.15) is 5.82 Å². The van der Waals surface area contributed by atoms with E-state index in [0.717, 1.165) is 62.6 Å². The van der Waals surface area contributed by atoms with Crippen LogP contribution in [0.3, 0.4) is 0 Å². The lowest BCUT2D eigenvalue weighted by atomic mass is 10.3. The molecule has 6 heteroatoms. The molecule has 0 aliphatic carbocycles. The highest BCUT2D eigenvalue weighted by atomic mass is 19.1. The number of hydrogen-bond acceptors (Lipinski definition) is 4. The predicted molar refractivity (Wildman–Crippen MR) is 103 cm³/mol. The maximum atomic E-state index is 13.4. The van der Waals surface area contributed by atoms with Crippen LogP contribution in [0.1, 0.15) is 17.7 Å². The van der Waals surface area contributed by atoms with Gasteiger partial charge in [0, 0.05) is 44.1 Å². The van der Waals surface area contributed by atoms with Gasteiger partial charge in [0.05, 0.1) is 17.6 Å². The standard InChI is InChI=1S/C21H24FN5/c22-19-5-3-7-21(13-19)27-16-18(14-24-27)15-25-9-4-10-26(12-11-25)17-20-6-1-2-8-23-20/h1-3,5-8,13-14,16H,4,9-12,15,17H2. The van der Waals surface area contributed by atoms with Crippen molar-refractivity contribution in [3.05, 3.63) is 78.1 Å². The molecule has 0 unspecified atom stereocenters. The van der Waals surface area contributed by atoms with Crippen LogP contribution in [0.5, 0.6) is 0 Å². The minimum Gasteiger partial charge on any atom is -0.298 e. The summed E-state index contributed by atoms with van der Waals surface area (Å²) < 4.78 is 15.2. The third-order valence-electron chi connectivity index (χ3n) is 4.91. The topological polar surface area (TPSA) is 37.2 Å². The van der Waals surface area contributed by atoms with E-state index in [9.17, 15) is 4.39 Å². The second kappa shape index (κ2) is 8.41. The number of aromatic nitrogens is 3. The van der Waals surface area contributed by atoms with E-state index in [0.29, 0.717) is 0 Å². The summed E-state index contributed by atoms with van der Waals surface area (Å²) >= 11 is 0. The molecule has 2 aromatic heterocycles. The third-order valence-corrected chi connectivity index (χ3v) is 4.91. The Kier molecular flexibility index (Phi) is 5.55. The third kappa shape index (κ3) is 4.78. The lowest BCUT2D eigenvalue weighted by Crippen LogP contribution is -2.30. The van der Waals surface area contributed by atoms with Gasteiger partial charge in [-0.1, -0.05) is 12.1 Å². The SMILES string of the molecule is Fc1cccc(-n2cc(CN3CCCN(Cc4ccccn4)CC3)cn2)c1. The molecule has 140 valence electrons. The van der Waals surface area contributed by atoms with Crippen LogP contribution in [-0.2, 0) is 13.1 Å². The summed E-state index contributed by atoms with van der Waals surface area (Å²) in [4.78, 5) is 9.37. The second-order valence-corrected chi connectivity index (χ2v) is 7.00. The van der Waals surface area contributed by atoms with E-state index in [-0.39, 0.29) is 5.82 Å². The van der Waals surface area contributed by atoms with Crippen molar-refractivity contribution >= 4 is 0 Å². The zero-order valence-electron chi connectivity index (χ0n) is 15.3. The van der Waals surface area contributed by atoms with Crippen molar-refractivity contribution in [3.8, 4) is 5.69 Å². The van der Waals surface area contributed by atoms with E-state index >= 15 is 0 Å². The van der Waals surface area contributed by atoms with Crippen molar-refractivity contribution in [2.45, 2.75) is 19.5 Å². The molecule has 0 N–H and O–H groups in total. The van der Waals surface area contributed by atoms with E-state index in [2.05, 4.69) is 25.9 Å². The summed E-state index contributed by atoms with van der Waals surface area (Å²) in [6.45, 7) is 6.00. The van der Waals surface area contributed by atoms with Crippen LogP contribution in [-0.4, -0.2) is 50.7 Å². The van der Waals surface area contributed by atoms with E-state index < -0.39 is 0 Å². The normalized spacial score (nSPS) is 16.3. The average molecular weight is 365 g/mol. The van der Waals surface area contributed by atoms with Gasteiger partial charge in [-0.2, -0.15) is 5.10 Å². The molecule has 0 amide bonds. The molecule has 0 atom stereocenters. The zero-order valence-corrected chi connectivity index (χ0v) is 15.3. The van der Waals surface area contributed by atoms with Crippen LogP contribution in [0.25, 0.3) is 5.69 Å². The Morgan fingerprint density at radius 2 is 1.78 bits per heavy atom. The molecular formula is C21H24FN5. The number of hydrogen-bond donors (Lipinski definition) is 0. The smallest absolute Gasteiger partial charge is 0.125 e. The number of nitrogens with zero attached hydrogens (tertiary/aromatic N) is 5. The summed E-state index contributed by atoms with van der Waals surface area (Å²) in [6, 6.07) is 12.6. The van der Waals surface area contributed by atoms with Crippen LogP contribution in [0.15, 0.2) is 61.1 Å². The molecule has 0 radical (unpaired) electrons. The number of rotatable bonds is 5. The van der Waals surface area contributed by atoms with Crippen molar-refractivity contribution < 1.29 is 4.39 Å². The van der Waals surface area contributed by atoms with E-state index in [1.807, 2.05) is 36.8 Å².